The molecule has 0 spiro atoms. The number of amides is 4. The molecule has 434 valence electrons. The number of para-hydroxylation sites is 2. The second-order valence-electron chi connectivity index (χ2n) is 20.4. The zero-order chi connectivity index (χ0) is 57.8. The van der Waals surface area contributed by atoms with Crippen LogP contribution in [0.1, 0.15) is 82.5 Å². The van der Waals surface area contributed by atoms with E-state index >= 15 is 0 Å². The number of anilines is 4. The first-order valence-corrected chi connectivity index (χ1v) is 30.5. The molecule has 5 aromatic carbocycles. The van der Waals surface area contributed by atoms with E-state index in [1.165, 1.54) is 0 Å². The van der Waals surface area contributed by atoms with Gasteiger partial charge in [0.05, 0.1) is 98.7 Å². The average Bonchev–Trinajstić information content (AvgIpc) is 4.25. The highest BCUT2D eigenvalue weighted by Gasteiger charge is 2.37. The van der Waals surface area contributed by atoms with Crippen LogP contribution in [-0.4, -0.2) is 131 Å². The van der Waals surface area contributed by atoms with Gasteiger partial charge in [-0.25, -0.2) is 4.79 Å². The summed E-state index contributed by atoms with van der Waals surface area (Å²) in [7, 11) is 8.03. The Bertz CT molecular complexity index is 3170. The fraction of sp³-hybridized carbons (Fsp3) is 0.400. The molecule has 4 aliphatic heterocycles. The highest BCUT2D eigenvalue weighted by Crippen LogP contribution is 2.43. The number of hydrogen-bond donors (Lipinski definition) is 1. The molecule has 0 aliphatic carbocycles. The van der Waals surface area contributed by atoms with E-state index in [0.29, 0.717) is 122 Å². The first kappa shape index (κ1) is 60.0. The van der Waals surface area contributed by atoms with Crippen molar-refractivity contribution in [2.24, 2.45) is 4.99 Å². The summed E-state index contributed by atoms with van der Waals surface area (Å²) in [5.41, 5.74) is 8.35. The standard InChI is InChI=1S/C60H67IN6O13S2/c1-60(2,82-81-26-10-15-57(70)80-67-55(68)16-17-56(67)69)38-64(20-21-76-24-25-77-23-22-73-3)43-28-39(36-78-53-33-47-45(31-51(53)74-4)59(72)66-44(35-62-47)30-42-12-7-9-14-50(42)66)27-40(29-43)37-79-54-34-48(63-61)46(32-52(54)75-5)58(71)65-19-18-41-11-6-8-13-49(41)65/h6-9,11-14,27-29,31-35,44,63H,10,15-26,30,36-38H2,1-5H3/t44-/m0/s1. The fourth-order valence-corrected chi connectivity index (χ4v) is 13.1. The number of hydroxylamine groups is 2. The predicted octanol–water partition coefficient (Wildman–Crippen LogP) is 10.1. The van der Waals surface area contributed by atoms with Crippen LogP contribution in [0.4, 0.5) is 28.4 Å². The van der Waals surface area contributed by atoms with Gasteiger partial charge in [0.2, 0.25) is 0 Å². The van der Waals surface area contributed by atoms with Crippen LogP contribution >= 0.6 is 44.5 Å². The van der Waals surface area contributed by atoms with Crippen molar-refractivity contribution in [3.05, 3.63) is 124 Å². The van der Waals surface area contributed by atoms with E-state index in [0.717, 1.165) is 45.7 Å². The van der Waals surface area contributed by atoms with Gasteiger partial charge in [-0.2, -0.15) is 0 Å². The van der Waals surface area contributed by atoms with E-state index in [1.807, 2.05) is 83.7 Å². The lowest BCUT2D eigenvalue weighted by Gasteiger charge is -2.34. The Morgan fingerprint density at radius 2 is 1.43 bits per heavy atom. The highest BCUT2D eigenvalue weighted by molar-refractivity contribution is 14.1. The van der Waals surface area contributed by atoms with E-state index in [4.69, 9.17) is 43.0 Å². The molecule has 22 heteroatoms. The Labute approximate surface area is 499 Å². The minimum atomic E-state index is -0.625. The molecular weight excluding hydrogens is 1200 g/mol. The second kappa shape index (κ2) is 28.1. The van der Waals surface area contributed by atoms with Gasteiger partial charge in [0.1, 0.15) is 13.2 Å². The second-order valence-corrected chi connectivity index (χ2v) is 24.1. The lowest BCUT2D eigenvalue weighted by molar-refractivity contribution is -0.197. The minimum absolute atomic E-state index is 0.0365. The maximum absolute atomic E-state index is 14.3. The first-order chi connectivity index (χ1) is 39.8. The number of hydrogen-bond acceptors (Lipinski definition) is 18. The first-order valence-electron chi connectivity index (χ1n) is 27.1. The summed E-state index contributed by atoms with van der Waals surface area (Å²) in [4.78, 5) is 80.7. The van der Waals surface area contributed by atoms with Gasteiger partial charge in [-0.1, -0.05) is 58.0 Å². The quantitative estimate of drug-likeness (QED) is 0.0156. The van der Waals surface area contributed by atoms with Gasteiger partial charge >= 0.3 is 5.97 Å². The van der Waals surface area contributed by atoms with Crippen LogP contribution in [0.3, 0.4) is 0 Å². The van der Waals surface area contributed by atoms with Gasteiger partial charge in [0.15, 0.2) is 23.0 Å². The van der Waals surface area contributed by atoms with Crippen LogP contribution in [0.15, 0.2) is 96.0 Å². The van der Waals surface area contributed by atoms with Crippen LogP contribution in [0.5, 0.6) is 23.0 Å². The third kappa shape index (κ3) is 14.6. The minimum Gasteiger partial charge on any atom is -0.493 e. The molecule has 4 amide bonds. The Kier molecular flexibility index (Phi) is 20.6. The molecule has 0 bridgehead atoms. The highest BCUT2D eigenvalue weighted by atomic mass is 127. The lowest BCUT2D eigenvalue weighted by Crippen LogP contribution is -2.38. The van der Waals surface area contributed by atoms with E-state index < -0.39 is 17.8 Å². The Balaban J connectivity index is 0.975. The summed E-state index contributed by atoms with van der Waals surface area (Å²) in [6, 6.07) is 28.7. The molecule has 1 N–H and O–H groups in total. The number of nitrogens with one attached hydrogen (secondary N) is 1. The molecule has 1 saturated heterocycles. The Morgan fingerprint density at radius 3 is 2.13 bits per heavy atom. The number of halogens is 1. The third-order valence-corrected chi connectivity index (χ3v) is 18.0. The molecule has 0 aromatic heterocycles. The number of nitrogens with zero attached hydrogens (tertiary/aromatic N) is 5. The number of carbonyl (C=O) groups is 5. The van der Waals surface area contributed by atoms with Gasteiger partial charge in [-0.05, 0) is 91.4 Å². The van der Waals surface area contributed by atoms with Crippen molar-refractivity contribution in [3.63, 3.8) is 0 Å². The molecule has 4 heterocycles. The largest absolute Gasteiger partial charge is 0.493 e. The zero-order valence-electron chi connectivity index (χ0n) is 46.6. The van der Waals surface area contributed by atoms with Crippen LogP contribution in [0.25, 0.3) is 0 Å². The molecular formula is C60H67IN6O13S2. The van der Waals surface area contributed by atoms with E-state index in [2.05, 4.69) is 34.4 Å². The topological polar surface area (TPSA) is 197 Å². The van der Waals surface area contributed by atoms with Crippen molar-refractivity contribution in [3.8, 4) is 23.0 Å². The number of aliphatic imine (C=N–C) groups is 1. The average molecular weight is 1270 g/mol. The van der Waals surface area contributed by atoms with E-state index in [1.54, 1.807) is 77.0 Å². The fourth-order valence-electron chi connectivity index (χ4n) is 10.1. The molecule has 0 radical (unpaired) electrons. The number of fused-ring (bicyclic) bond motifs is 5. The molecule has 5 aromatic rings. The number of ether oxygens (including phenoxy) is 7. The van der Waals surface area contributed by atoms with Gasteiger partial charge < -0.3 is 51.3 Å². The van der Waals surface area contributed by atoms with Crippen molar-refractivity contribution >= 4 is 109 Å². The molecule has 1 atom stereocenters. The van der Waals surface area contributed by atoms with Crippen molar-refractivity contribution < 1.29 is 62.0 Å². The Morgan fingerprint density at radius 1 is 0.768 bits per heavy atom. The summed E-state index contributed by atoms with van der Waals surface area (Å²) in [5.74, 6) is 0.259. The summed E-state index contributed by atoms with van der Waals surface area (Å²) < 4.78 is 44.8. The number of rotatable bonds is 29. The van der Waals surface area contributed by atoms with E-state index in [9.17, 15) is 24.0 Å². The van der Waals surface area contributed by atoms with Crippen LogP contribution < -0.4 is 37.2 Å². The SMILES string of the molecule is COCCOCCOCCN(CC(C)(C)SSCCCC(=O)ON1C(=O)CCC1=O)c1cc(COc2cc3c(cc2OC)C(=O)N2c4ccccc4C[C@H]2C=N3)cc(COc2cc(NI)c(C(=O)N3CCc4ccccc43)cc2OC)c1. The molecule has 1 fully saturated rings. The summed E-state index contributed by atoms with van der Waals surface area (Å²) in [6.45, 7) is 8.25. The van der Waals surface area contributed by atoms with Crippen LogP contribution in [0.2, 0.25) is 0 Å². The maximum atomic E-state index is 14.3. The summed E-state index contributed by atoms with van der Waals surface area (Å²) in [6.07, 6.45) is 3.87. The number of carbonyl (C=O) groups excluding carboxylic acids is 5. The van der Waals surface area contributed by atoms with Crippen molar-refractivity contribution in [1.29, 1.82) is 0 Å². The zero-order valence-corrected chi connectivity index (χ0v) is 50.4. The molecule has 9 rings (SSSR count). The lowest BCUT2D eigenvalue weighted by atomic mass is 10.1. The van der Waals surface area contributed by atoms with Crippen molar-refractivity contribution in [1.82, 2.24) is 5.06 Å². The predicted molar refractivity (Wildman–Crippen MR) is 326 cm³/mol. The number of methoxy groups -OCH3 is 3. The normalized spacial score (nSPS) is 15.2. The summed E-state index contributed by atoms with van der Waals surface area (Å²) in [5, 5.41) is 0.580. The number of benzene rings is 5. The van der Waals surface area contributed by atoms with Crippen molar-refractivity contribution in [2.45, 2.75) is 76.4 Å². The molecule has 4 aliphatic rings. The van der Waals surface area contributed by atoms with Gasteiger partial charge in [-0.3, -0.25) is 29.1 Å². The van der Waals surface area contributed by atoms with Gasteiger partial charge in [0.25, 0.3) is 23.6 Å². The van der Waals surface area contributed by atoms with Crippen LogP contribution in [0, 0.1) is 0 Å². The molecule has 82 heavy (non-hydrogen) atoms. The molecule has 0 saturated carbocycles. The number of imide groups is 1. The molecule has 0 unspecified atom stereocenters. The van der Waals surface area contributed by atoms with E-state index in [-0.39, 0.29) is 55.1 Å². The van der Waals surface area contributed by atoms with Gasteiger partial charge in [-0.15, -0.1) is 5.06 Å². The Hall–Kier alpha value is -6.57. The molecule has 19 nitrogen and oxygen atoms in total. The summed E-state index contributed by atoms with van der Waals surface area (Å²) >= 11 is 2.03. The monoisotopic (exact) mass is 1270 g/mol. The van der Waals surface area contributed by atoms with Gasteiger partial charge in [0, 0.05) is 98.3 Å². The van der Waals surface area contributed by atoms with Crippen LogP contribution in [-0.2, 0) is 59.5 Å². The third-order valence-electron chi connectivity index (χ3n) is 14.1. The maximum Gasteiger partial charge on any atom is 0.333 e. The van der Waals surface area contributed by atoms with Crippen molar-refractivity contribution in [2.75, 3.05) is 98.0 Å². The smallest absolute Gasteiger partial charge is 0.333 e.